The van der Waals surface area contributed by atoms with E-state index in [0.717, 1.165) is 0 Å². The molecule has 2 amide bonds. The quantitative estimate of drug-likeness (QED) is 0.0508. The number of nitro groups is 1. The number of dihydropyridines is 1. The minimum absolute atomic E-state index is 0.00156. The van der Waals surface area contributed by atoms with Crippen molar-refractivity contribution in [3.05, 3.63) is 86.7 Å². The summed E-state index contributed by atoms with van der Waals surface area (Å²) >= 11 is 0. The number of unbranched alkanes of at least 4 members (excludes halogenated alkanes) is 1. The maximum atomic E-state index is 13.4. The van der Waals surface area contributed by atoms with Crippen LogP contribution in [-0.2, 0) is 33.3 Å². The molecule has 2 unspecified atom stereocenters. The van der Waals surface area contributed by atoms with E-state index in [0.29, 0.717) is 35.6 Å². The van der Waals surface area contributed by atoms with Crippen LogP contribution in [0, 0.1) is 10.1 Å². The summed E-state index contributed by atoms with van der Waals surface area (Å²) in [4.78, 5) is 64.0. The standard InChI is InChI=1S/C40H54N4O14/c1-8-55-37(47)35-30(42-26(2)33(36(46)53-7)34(35)27-14-13-15-28(22-27)44(50)51)25-54-21-18-41-38(48)56-20-12-11-19-43(39(49)58-40(3,4)5)23-29(45)24-57-32-17-10-9-16-31(32)52-6/h9-10,13-17,22,29,34,42,45H,8,11-12,18-21,23-25H2,1-7H3,(H,41,48). The van der Waals surface area contributed by atoms with Crippen LogP contribution in [0.5, 0.6) is 11.5 Å². The van der Waals surface area contributed by atoms with Crippen molar-refractivity contribution >= 4 is 29.8 Å². The summed E-state index contributed by atoms with van der Waals surface area (Å²) in [6, 6.07) is 12.6. The molecule has 2 aromatic rings. The number of hydrogen-bond donors (Lipinski definition) is 3. The number of aliphatic hydroxyl groups is 1. The third-order valence-corrected chi connectivity index (χ3v) is 8.36. The van der Waals surface area contributed by atoms with Gasteiger partial charge in [0.25, 0.3) is 5.69 Å². The normalized spacial score (nSPS) is 14.4. The molecular weight excluding hydrogens is 760 g/mol. The number of esters is 2. The van der Waals surface area contributed by atoms with Gasteiger partial charge in [-0.1, -0.05) is 24.3 Å². The summed E-state index contributed by atoms with van der Waals surface area (Å²) in [5.41, 5.74) is 0.00421. The zero-order chi connectivity index (χ0) is 42.8. The van der Waals surface area contributed by atoms with Crippen LogP contribution in [0.25, 0.3) is 0 Å². The minimum atomic E-state index is -1.07. The van der Waals surface area contributed by atoms with Crippen molar-refractivity contribution in [3.63, 3.8) is 0 Å². The van der Waals surface area contributed by atoms with Crippen LogP contribution in [0.2, 0.25) is 0 Å². The number of ether oxygens (including phenoxy) is 7. The molecule has 0 radical (unpaired) electrons. The lowest BCUT2D eigenvalue weighted by atomic mass is 9.80. The number of benzene rings is 2. The van der Waals surface area contributed by atoms with Gasteiger partial charge in [-0.25, -0.2) is 19.2 Å². The van der Waals surface area contributed by atoms with Crippen LogP contribution in [0.1, 0.15) is 58.9 Å². The van der Waals surface area contributed by atoms with E-state index in [9.17, 15) is 34.4 Å². The SMILES string of the molecule is CCOC(=O)C1=C(COCCNC(=O)OCCCCN(CC(O)COc2ccccc2OC)C(=O)OC(C)(C)C)NC(C)=C(C(=O)OC)C1c1cccc([N+](=O)[O-])c1. The van der Waals surface area contributed by atoms with E-state index in [2.05, 4.69) is 10.6 Å². The monoisotopic (exact) mass is 814 g/mol. The Morgan fingerprint density at radius 2 is 1.71 bits per heavy atom. The summed E-state index contributed by atoms with van der Waals surface area (Å²) in [7, 11) is 2.70. The Labute approximate surface area is 337 Å². The number of alkyl carbamates (subject to hydrolysis) is 1. The van der Waals surface area contributed by atoms with Gasteiger partial charge in [0.05, 0.1) is 74.9 Å². The van der Waals surface area contributed by atoms with Gasteiger partial charge in [-0.3, -0.25) is 10.1 Å². The first-order valence-electron chi connectivity index (χ1n) is 18.7. The number of para-hydroxylation sites is 2. The number of amides is 2. The van der Waals surface area contributed by atoms with Crippen LogP contribution in [0.3, 0.4) is 0 Å². The molecule has 58 heavy (non-hydrogen) atoms. The molecule has 2 aromatic carbocycles. The van der Waals surface area contributed by atoms with Crippen LogP contribution in [0.15, 0.2) is 71.1 Å². The zero-order valence-corrected chi connectivity index (χ0v) is 34.0. The first kappa shape index (κ1) is 46.5. The van der Waals surface area contributed by atoms with Crippen molar-refractivity contribution in [2.24, 2.45) is 0 Å². The van der Waals surface area contributed by atoms with Crippen molar-refractivity contribution in [3.8, 4) is 11.5 Å². The van der Waals surface area contributed by atoms with Gasteiger partial charge < -0.3 is 53.8 Å². The highest BCUT2D eigenvalue weighted by molar-refractivity contribution is 6.00. The maximum Gasteiger partial charge on any atom is 0.410 e. The summed E-state index contributed by atoms with van der Waals surface area (Å²) in [6.45, 7) is 8.44. The fourth-order valence-corrected chi connectivity index (χ4v) is 5.83. The molecule has 2 atom stereocenters. The Hall–Kier alpha value is -5.88. The number of nitrogens with zero attached hydrogens (tertiary/aromatic N) is 2. The molecule has 318 valence electrons. The van der Waals surface area contributed by atoms with Crippen LogP contribution in [-0.4, -0.2) is 118 Å². The Morgan fingerprint density at radius 3 is 2.36 bits per heavy atom. The molecule has 0 aromatic heterocycles. The molecule has 1 heterocycles. The highest BCUT2D eigenvalue weighted by Gasteiger charge is 2.39. The predicted molar refractivity (Wildman–Crippen MR) is 209 cm³/mol. The Bertz CT molecular complexity index is 1810. The second-order valence-electron chi connectivity index (χ2n) is 13.9. The van der Waals surface area contributed by atoms with Gasteiger partial charge in [0.15, 0.2) is 11.5 Å². The lowest BCUT2D eigenvalue weighted by molar-refractivity contribution is -0.384. The fraction of sp³-hybridized carbons (Fsp3) is 0.500. The number of aliphatic hydroxyl groups excluding tert-OH is 1. The molecule has 3 rings (SSSR count). The minimum Gasteiger partial charge on any atom is -0.493 e. The molecular formula is C40H54N4O14. The Balaban J connectivity index is 1.53. The lowest BCUT2D eigenvalue weighted by Gasteiger charge is -2.31. The summed E-state index contributed by atoms with van der Waals surface area (Å²) in [5, 5.41) is 27.9. The lowest BCUT2D eigenvalue weighted by Crippen LogP contribution is -2.43. The molecule has 0 fully saturated rings. The van der Waals surface area contributed by atoms with Crippen LogP contribution in [0.4, 0.5) is 15.3 Å². The number of rotatable bonds is 21. The summed E-state index contributed by atoms with van der Waals surface area (Å²) in [5.74, 6) is -1.61. The van der Waals surface area contributed by atoms with Crippen molar-refractivity contribution in [1.82, 2.24) is 15.5 Å². The highest BCUT2D eigenvalue weighted by atomic mass is 16.6. The molecule has 0 bridgehead atoms. The van der Waals surface area contributed by atoms with Crippen molar-refractivity contribution in [2.45, 2.75) is 65.1 Å². The second kappa shape index (κ2) is 22.8. The van der Waals surface area contributed by atoms with Gasteiger partial charge in [0.2, 0.25) is 0 Å². The number of carbonyl (C=O) groups excluding carboxylic acids is 4. The topological polar surface area (TPSA) is 224 Å². The molecule has 0 spiro atoms. The Kier molecular flexibility index (Phi) is 18.2. The van der Waals surface area contributed by atoms with E-state index in [1.165, 1.54) is 37.3 Å². The molecule has 0 aliphatic carbocycles. The van der Waals surface area contributed by atoms with E-state index in [1.807, 2.05) is 0 Å². The van der Waals surface area contributed by atoms with Crippen LogP contribution < -0.4 is 20.1 Å². The number of nitrogens with one attached hydrogen (secondary N) is 2. The van der Waals surface area contributed by atoms with E-state index < -0.39 is 46.7 Å². The first-order valence-corrected chi connectivity index (χ1v) is 18.7. The zero-order valence-electron chi connectivity index (χ0n) is 34.0. The van der Waals surface area contributed by atoms with Gasteiger partial charge >= 0.3 is 24.1 Å². The number of non-ortho nitro benzene ring substituents is 1. The molecule has 18 heteroatoms. The number of carbonyl (C=O) groups is 4. The first-order chi connectivity index (χ1) is 27.6. The second-order valence-corrected chi connectivity index (χ2v) is 13.9. The number of hydrogen-bond acceptors (Lipinski definition) is 15. The molecule has 18 nitrogen and oxygen atoms in total. The number of allylic oxidation sites excluding steroid dienone is 1. The third-order valence-electron chi connectivity index (χ3n) is 8.36. The van der Waals surface area contributed by atoms with Gasteiger partial charge in [0.1, 0.15) is 18.3 Å². The molecule has 0 saturated heterocycles. The molecule has 1 aliphatic rings. The largest absolute Gasteiger partial charge is 0.493 e. The fourth-order valence-electron chi connectivity index (χ4n) is 5.83. The van der Waals surface area contributed by atoms with E-state index in [4.69, 9.17) is 33.2 Å². The van der Waals surface area contributed by atoms with E-state index in [-0.39, 0.29) is 75.2 Å². The summed E-state index contributed by atoms with van der Waals surface area (Å²) in [6.07, 6.45) is -1.50. The number of methoxy groups -OCH3 is 2. The van der Waals surface area contributed by atoms with Gasteiger partial charge in [-0.2, -0.15) is 0 Å². The molecule has 1 aliphatic heterocycles. The van der Waals surface area contributed by atoms with Gasteiger partial charge in [-0.15, -0.1) is 0 Å². The molecule has 0 saturated carbocycles. The molecule has 3 N–H and O–H groups in total. The maximum absolute atomic E-state index is 13.4. The smallest absolute Gasteiger partial charge is 0.410 e. The highest BCUT2D eigenvalue weighted by Crippen LogP contribution is 2.40. The van der Waals surface area contributed by atoms with Crippen molar-refractivity contribution in [1.29, 1.82) is 0 Å². The van der Waals surface area contributed by atoms with Gasteiger partial charge in [-0.05, 0) is 65.2 Å². The van der Waals surface area contributed by atoms with Crippen molar-refractivity contribution < 1.29 is 62.4 Å². The van der Waals surface area contributed by atoms with Gasteiger partial charge in [0, 0.05) is 30.9 Å². The summed E-state index contributed by atoms with van der Waals surface area (Å²) < 4.78 is 37.9. The number of nitro benzene ring substituents is 1. The predicted octanol–water partition coefficient (Wildman–Crippen LogP) is 4.75. The van der Waals surface area contributed by atoms with Crippen molar-refractivity contribution in [2.75, 3.05) is 66.9 Å². The average Bonchev–Trinajstić information content (AvgIpc) is 3.18. The van der Waals surface area contributed by atoms with E-state index in [1.54, 1.807) is 65.0 Å². The Morgan fingerprint density at radius 1 is 0.983 bits per heavy atom. The third kappa shape index (κ3) is 14.3. The van der Waals surface area contributed by atoms with Crippen LogP contribution >= 0.6 is 0 Å². The van der Waals surface area contributed by atoms with E-state index >= 15 is 0 Å². The average molecular weight is 815 g/mol.